The van der Waals surface area contributed by atoms with Gasteiger partial charge in [0, 0.05) is 32.3 Å². The van der Waals surface area contributed by atoms with Crippen LogP contribution in [0.1, 0.15) is 41.7 Å². The molecule has 3 heterocycles. The van der Waals surface area contributed by atoms with Crippen LogP contribution in [0.2, 0.25) is 0 Å². The molecule has 3 heteroatoms. The van der Waals surface area contributed by atoms with Crippen LogP contribution in [0.3, 0.4) is 0 Å². The van der Waals surface area contributed by atoms with Gasteiger partial charge in [0.25, 0.3) is 0 Å². The summed E-state index contributed by atoms with van der Waals surface area (Å²) in [6.45, 7) is 13.4. The Labute approximate surface area is 210 Å². The van der Waals surface area contributed by atoms with Crippen molar-refractivity contribution in [2.75, 3.05) is 0 Å². The van der Waals surface area contributed by atoms with Crippen molar-refractivity contribution in [3.05, 3.63) is 76.5 Å². The van der Waals surface area contributed by atoms with Crippen LogP contribution in [0, 0.1) is 33.6 Å². The normalized spacial score (nSPS) is 12.2. The van der Waals surface area contributed by atoms with Crippen molar-refractivity contribution in [3.63, 3.8) is 0 Å². The number of furan rings is 1. The van der Waals surface area contributed by atoms with Gasteiger partial charge in [0.1, 0.15) is 22.9 Å². The van der Waals surface area contributed by atoms with E-state index in [9.17, 15) is 0 Å². The molecule has 6 rings (SSSR count). The Morgan fingerprint density at radius 1 is 0.886 bits per heavy atom. The molecule has 6 aromatic rings. The van der Waals surface area contributed by atoms with Gasteiger partial charge in [-0.1, -0.05) is 32.0 Å². The molecule has 0 unspecified atom stereocenters. The number of aryl methyl sites for hydroxylation is 4. The molecule has 0 atom stereocenters. The van der Waals surface area contributed by atoms with Crippen LogP contribution in [0.4, 0.5) is 0 Å². The standard InChI is InChI=1S/C32H32NOS/c1-17(2)12-22-8-9-23-24-10-11-33(7)30(32(24)35-27(23)16-22)29-21(6)19(4)15-25-28-20(5)13-18(3)14-26(28)34-31(25)29/h8-11,13-17H,12H2,1-7H3/q+1. The highest BCUT2D eigenvalue weighted by molar-refractivity contribution is 7.26. The molecule has 176 valence electrons. The molecule has 0 N–H and O–H groups in total. The van der Waals surface area contributed by atoms with E-state index in [1.807, 2.05) is 11.3 Å². The maximum Gasteiger partial charge on any atom is 0.234 e. The van der Waals surface area contributed by atoms with E-state index in [0.29, 0.717) is 5.92 Å². The highest BCUT2D eigenvalue weighted by atomic mass is 32.1. The summed E-state index contributed by atoms with van der Waals surface area (Å²) >= 11 is 1.91. The summed E-state index contributed by atoms with van der Waals surface area (Å²) in [6, 6.07) is 16.0. The summed E-state index contributed by atoms with van der Waals surface area (Å²) in [5.74, 6) is 0.651. The lowest BCUT2D eigenvalue weighted by Gasteiger charge is -2.09. The second kappa shape index (κ2) is 7.93. The molecule has 0 saturated carbocycles. The van der Waals surface area contributed by atoms with Gasteiger partial charge in [0.05, 0.1) is 5.56 Å². The first-order valence-corrected chi connectivity index (χ1v) is 13.3. The van der Waals surface area contributed by atoms with Crippen LogP contribution in [0.5, 0.6) is 0 Å². The Kier molecular flexibility index (Phi) is 5.05. The average Bonchev–Trinajstić information content (AvgIpc) is 3.32. The van der Waals surface area contributed by atoms with E-state index in [1.54, 1.807) is 0 Å². The summed E-state index contributed by atoms with van der Waals surface area (Å²) < 4.78 is 11.6. The molecular weight excluding hydrogens is 446 g/mol. The molecule has 2 nitrogen and oxygen atoms in total. The van der Waals surface area contributed by atoms with Crippen molar-refractivity contribution in [1.29, 1.82) is 0 Å². The van der Waals surface area contributed by atoms with Crippen molar-refractivity contribution < 1.29 is 8.98 Å². The molecule has 0 amide bonds. The minimum atomic E-state index is 0.651. The predicted octanol–water partition coefficient (Wildman–Crippen LogP) is 8.88. The van der Waals surface area contributed by atoms with Gasteiger partial charge >= 0.3 is 0 Å². The molecular formula is C32H32NOS+. The predicted molar refractivity (Wildman–Crippen MR) is 151 cm³/mol. The molecule has 3 aromatic heterocycles. The van der Waals surface area contributed by atoms with Crippen LogP contribution in [-0.4, -0.2) is 0 Å². The first-order valence-electron chi connectivity index (χ1n) is 12.5. The van der Waals surface area contributed by atoms with Gasteiger partial charge in [-0.3, -0.25) is 0 Å². The van der Waals surface area contributed by atoms with Crippen LogP contribution in [0.25, 0.3) is 53.4 Å². The Hall–Kier alpha value is -3.17. The smallest absolute Gasteiger partial charge is 0.234 e. The van der Waals surface area contributed by atoms with E-state index >= 15 is 0 Å². The summed E-state index contributed by atoms with van der Waals surface area (Å²) in [5.41, 5.74) is 10.9. The SMILES string of the molecule is Cc1cc(C)c2c(c1)oc1c(-c3c4sc5cc(CC(C)C)ccc5c4cc[n+]3C)c(C)c(C)cc12. The molecule has 0 aliphatic heterocycles. The quantitative estimate of drug-likeness (QED) is 0.232. The third kappa shape index (κ3) is 3.40. The first-order chi connectivity index (χ1) is 16.7. The number of pyridine rings is 1. The molecule has 35 heavy (non-hydrogen) atoms. The van der Waals surface area contributed by atoms with E-state index in [0.717, 1.165) is 17.6 Å². The van der Waals surface area contributed by atoms with Gasteiger partial charge in [0.15, 0.2) is 6.20 Å². The maximum atomic E-state index is 6.67. The van der Waals surface area contributed by atoms with Gasteiger partial charge in [-0.15, -0.1) is 11.3 Å². The molecule has 0 aliphatic carbocycles. The fourth-order valence-corrected chi connectivity index (χ4v) is 7.09. The van der Waals surface area contributed by atoms with Gasteiger partial charge in [-0.25, -0.2) is 0 Å². The summed E-state index contributed by atoms with van der Waals surface area (Å²) in [6.07, 6.45) is 3.32. The molecule has 0 radical (unpaired) electrons. The topological polar surface area (TPSA) is 17.0 Å². The van der Waals surface area contributed by atoms with Crippen molar-refractivity contribution >= 4 is 53.4 Å². The monoisotopic (exact) mass is 478 g/mol. The molecule has 0 aliphatic rings. The number of hydrogen-bond donors (Lipinski definition) is 0. The van der Waals surface area contributed by atoms with Crippen molar-refractivity contribution in [1.82, 2.24) is 0 Å². The third-order valence-corrected chi connectivity index (χ3v) is 8.61. The molecule has 0 bridgehead atoms. The van der Waals surface area contributed by atoms with E-state index in [4.69, 9.17) is 4.42 Å². The summed E-state index contributed by atoms with van der Waals surface area (Å²) in [7, 11) is 2.16. The average molecular weight is 479 g/mol. The zero-order valence-electron chi connectivity index (χ0n) is 21.7. The van der Waals surface area contributed by atoms with Crippen LogP contribution in [-0.2, 0) is 13.5 Å². The fourth-order valence-electron chi connectivity index (χ4n) is 5.75. The molecule has 0 saturated heterocycles. The fraction of sp³-hybridized carbons (Fsp3) is 0.281. The minimum Gasteiger partial charge on any atom is -0.455 e. The lowest BCUT2D eigenvalue weighted by Crippen LogP contribution is -2.30. The van der Waals surface area contributed by atoms with Gasteiger partial charge in [0.2, 0.25) is 5.69 Å². The Bertz CT molecular complexity index is 1800. The van der Waals surface area contributed by atoms with E-state index < -0.39 is 0 Å². The van der Waals surface area contributed by atoms with Gasteiger partial charge in [-0.05, 0) is 86.1 Å². The minimum absolute atomic E-state index is 0.651. The van der Waals surface area contributed by atoms with Crippen LogP contribution in [0.15, 0.2) is 53.1 Å². The Morgan fingerprint density at radius 2 is 1.69 bits per heavy atom. The Balaban J connectivity index is 1.73. The van der Waals surface area contributed by atoms with Crippen LogP contribution < -0.4 is 4.57 Å². The number of rotatable bonds is 3. The second-order valence-electron chi connectivity index (χ2n) is 10.7. The number of fused-ring (bicyclic) bond motifs is 6. The molecule has 3 aromatic carbocycles. The molecule has 0 spiro atoms. The van der Waals surface area contributed by atoms with Gasteiger partial charge < -0.3 is 4.42 Å². The first kappa shape index (κ1) is 22.3. The maximum absolute atomic E-state index is 6.67. The number of hydrogen-bond acceptors (Lipinski definition) is 2. The highest BCUT2D eigenvalue weighted by Gasteiger charge is 2.27. The Morgan fingerprint density at radius 3 is 2.46 bits per heavy atom. The summed E-state index contributed by atoms with van der Waals surface area (Å²) in [4.78, 5) is 0. The van der Waals surface area contributed by atoms with E-state index in [-0.39, 0.29) is 0 Å². The van der Waals surface area contributed by atoms with Crippen LogP contribution >= 0.6 is 11.3 Å². The highest BCUT2D eigenvalue weighted by Crippen LogP contribution is 2.44. The second-order valence-corrected chi connectivity index (χ2v) is 11.7. The number of aromatic nitrogens is 1. The largest absolute Gasteiger partial charge is 0.455 e. The number of thiophene rings is 1. The number of nitrogens with zero attached hydrogens (tertiary/aromatic N) is 1. The lowest BCUT2D eigenvalue weighted by atomic mass is 9.94. The van der Waals surface area contributed by atoms with Gasteiger partial charge in [-0.2, -0.15) is 4.57 Å². The molecule has 0 fully saturated rings. The number of benzene rings is 3. The zero-order chi connectivity index (χ0) is 24.6. The van der Waals surface area contributed by atoms with Crippen molar-refractivity contribution in [3.8, 4) is 11.3 Å². The van der Waals surface area contributed by atoms with E-state index in [2.05, 4.69) is 102 Å². The van der Waals surface area contributed by atoms with Crippen molar-refractivity contribution in [2.24, 2.45) is 13.0 Å². The van der Waals surface area contributed by atoms with E-state index in [1.165, 1.54) is 70.0 Å². The third-order valence-electron chi connectivity index (χ3n) is 7.43. The zero-order valence-corrected chi connectivity index (χ0v) is 22.5. The van der Waals surface area contributed by atoms with Crippen molar-refractivity contribution in [2.45, 2.75) is 48.0 Å². The lowest BCUT2D eigenvalue weighted by molar-refractivity contribution is -0.659. The summed E-state index contributed by atoms with van der Waals surface area (Å²) in [5, 5.41) is 5.12.